The molecule has 3 nitrogen and oxygen atoms in total. The van der Waals surface area contributed by atoms with Crippen molar-refractivity contribution in [2.75, 3.05) is 4.90 Å². The molecule has 50 heavy (non-hydrogen) atoms. The van der Waals surface area contributed by atoms with Gasteiger partial charge in [0, 0.05) is 53.1 Å². The first-order valence-corrected chi connectivity index (χ1v) is 17.7. The largest absolute Gasteiger partial charge is 0.454 e. The van der Waals surface area contributed by atoms with Gasteiger partial charge in [0.15, 0.2) is 5.58 Å². The molecule has 0 atom stereocenters. The molecule has 8 aromatic carbocycles. The molecule has 0 spiro atoms. The molecule has 11 aromatic rings. The monoisotopic (exact) mass is 656 g/mol. The Morgan fingerprint density at radius 1 is 0.460 bits per heavy atom. The van der Waals surface area contributed by atoms with Crippen LogP contribution in [0.2, 0.25) is 0 Å². The van der Waals surface area contributed by atoms with Gasteiger partial charge in [-0.25, -0.2) is 0 Å². The van der Waals surface area contributed by atoms with E-state index in [1.54, 1.807) is 0 Å². The van der Waals surface area contributed by atoms with Crippen LogP contribution in [0.3, 0.4) is 0 Å². The highest BCUT2D eigenvalue weighted by Crippen LogP contribution is 2.48. The Kier molecular flexibility index (Phi) is 5.83. The lowest BCUT2D eigenvalue weighted by atomic mass is 10.0. The predicted molar refractivity (Wildman–Crippen MR) is 213 cm³/mol. The van der Waals surface area contributed by atoms with Gasteiger partial charge >= 0.3 is 0 Å². The van der Waals surface area contributed by atoms with E-state index < -0.39 is 0 Å². The van der Waals surface area contributed by atoms with Crippen LogP contribution in [-0.2, 0) is 0 Å². The van der Waals surface area contributed by atoms with Gasteiger partial charge in [-0.15, -0.1) is 11.3 Å². The van der Waals surface area contributed by atoms with Crippen molar-refractivity contribution in [3.05, 3.63) is 170 Å². The van der Waals surface area contributed by atoms with Gasteiger partial charge in [-0.2, -0.15) is 0 Å². The molecule has 4 heteroatoms. The summed E-state index contributed by atoms with van der Waals surface area (Å²) in [6.07, 6.45) is 0. The van der Waals surface area contributed by atoms with Crippen molar-refractivity contribution < 1.29 is 4.42 Å². The first kappa shape index (κ1) is 27.6. The first-order chi connectivity index (χ1) is 24.8. The van der Waals surface area contributed by atoms with E-state index >= 15 is 0 Å². The fraction of sp³-hybridized carbons (Fsp3) is 0. The molecule has 11 rings (SSSR count). The molecule has 3 aromatic heterocycles. The van der Waals surface area contributed by atoms with Crippen LogP contribution in [0.1, 0.15) is 0 Å². The third-order valence-corrected chi connectivity index (χ3v) is 11.3. The van der Waals surface area contributed by atoms with E-state index in [2.05, 4.69) is 179 Å². The lowest BCUT2D eigenvalue weighted by Gasteiger charge is -2.27. The minimum atomic E-state index is 0.869. The van der Waals surface area contributed by atoms with Crippen LogP contribution in [0.15, 0.2) is 174 Å². The zero-order chi connectivity index (χ0) is 32.8. The molecule has 0 unspecified atom stereocenters. The summed E-state index contributed by atoms with van der Waals surface area (Å²) in [6.45, 7) is 0. The third-order valence-electron chi connectivity index (χ3n) is 10.1. The normalized spacial score (nSPS) is 12.0. The minimum Gasteiger partial charge on any atom is -0.454 e. The Bertz CT molecular complexity index is 3110. The van der Waals surface area contributed by atoms with Crippen molar-refractivity contribution >= 4 is 103 Å². The second-order valence-corrected chi connectivity index (χ2v) is 14.0. The Labute approximate surface area is 291 Å². The molecule has 3 heterocycles. The molecule has 0 aliphatic rings. The Balaban J connectivity index is 1.27. The summed E-state index contributed by atoms with van der Waals surface area (Å²) in [5.74, 6) is 0. The molecule has 234 valence electrons. The number of aromatic nitrogens is 1. The summed E-state index contributed by atoms with van der Waals surface area (Å²) in [4.78, 5) is 2.41. The van der Waals surface area contributed by atoms with Crippen molar-refractivity contribution in [1.29, 1.82) is 0 Å². The minimum absolute atomic E-state index is 0.869. The quantitative estimate of drug-likeness (QED) is 0.188. The van der Waals surface area contributed by atoms with Crippen LogP contribution in [0.5, 0.6) is 0 Å². The molecule has 0 saturated heterocycles. The average Bonchev–Trinajstić information content (AvgIpc) is 3.84. The van der Waals surface area contributed by atoms with E-state index in [4.69, 9.17) is 4.42 Å². The molecule has 0 aliphatic carbocycles. The molecule has 0 saturated carbocycles. The van der Waals surface area contributed by atoms with Gasteiger partial charge in [-0.3, -0.25) is 0 Å². The molecular formula is C46H28N2OS. The van der Waals surface area contributed by atoms with Crippen molar-refractivity contribution in [3.63, 3.8) is 0 Å². The maximum atomic E-state index is 6.89. The molecule has 0 amide bonds. The van der Waals surface area contributed by atoms with Crippen LogP contribution in [-0.4, -0.2) is 4.57 Å². The number of thiophene rings is 1. The summed E-state index contributed by atoms with van der Waals surface area (Å²) < 4.78 is 11.9. The van der Waals surface area contributed by atoms with E-state index in [1.165, 1.54) is 47.2 Å². The molecule has 0 N–H and O–H groups in total. The SMILES string of the molecule is c1ccc(-n2c3ccccc3c3cccc(N(c4ccc5c(c4)sc4ccccc45)c4cccc5c4oc4cc6ccccc6cc45)c32)cc1. The number of fused-ring (bicyclic) bond motifs is 10. The molecule has 0 fully saturated rings. The highest BCUT2D eigenvalue weighted by atomic mass is 32.1. The summed E-state index contributed by atoms with van der Waals surface area (Å²) in [5.41, 5.74) is 8.38. The highest BCUT2D eigenvalue weighted by Gasteiger charge is 2.25. The summed E-state index contributed by atoms with van der Waals surface area (Å²) in [5, 5.41) is 9.61. The zero-order valence-corrected chi connectivity index (χ0v) is 27.7. The lowest BCUT2D eigenvalue weighted by Crippen LogP contribution is -2.12. The standard InChI is InChI=1S/C46H28N2OS/c1-2-14-31(15-3-1)48-39-20-8-6-16-33(39)36-18-10-21-40(45(36)48)47(32-24-25-35-34-17-7-9-23-43(34)50-44(35)28-32)41-22-11-19-37-38-26-29-12-4-5-13-30(29)27-42(38)49-46(37)41/h1-28H. The van der Waals surface area contributed by atoms with Gasteiger partial charge in [0.2, 0.25) is 0 Å². The summed E-state index contributed by atoms with van der Waals surface area (Å²) >= 11 is 1.84. The van der Waals surface area contributed by atoms with Crippen LogP contribution in [0.25, 0.3) is 80.4 Å². The van der Waals surface area contributed by atoms with Crippen molar-refractivity contribution in [2.45, 2.75) is 0 Å². The number of furan rings is 1. The number of hydrogen-bond donors (Lipinski definition) is 0. The van der Waals surface area contributed by atoms with Crippen molar-refractivity contribution in [2.24, 2.45) is 0 Å². The third kappa shape index (κ3) is 3.97. The second kappa shape index (κ2) is 10.6. The fourth-order valence-electron chi connectivity index (χ4n) is 7.93. The maximum absolute atomic E-state index is 6.89. The van der Waals surface area contributed by atoms with Crippen LogP contribution >= 0.6 is 11.3 Å². The van der Waals surface area contributed by atoms with Crippen molar-refractivity contribution in [1.82, 2.24) is 4.57 Å². The molecule has 0 aliphatic heterocycles. The van der Waals surface area contributed by atoms with Crippen LogP contribution in [0, 0.1) is 0 Å². The highest BCUT2D eigenvalue weighted by molar-refractivity contribution is 7.25. The van der Waals surface area contributed by atoms with Gasteiger partial charge in [0.1, 0.15) is 5.58 Å². The Hall–Kier alpha value is -6.36. The van der Waals surface area contributed by atoms with Gasteiger partial charge in [-0.05, 0) is 71.4 Å². The van der Waals surface area contributed by atoms with E-state index in [9.17, 15) is 0 Å². The predicted octanol–water partition coefficient (Wildman–Crippen LogP) is 13.7. The maximum Gasteiger partial charge on any atom is 0.159 e. The molecule has 0 radical (unpaired) electrons. The van der Waals surface area contributed by atoms with E-state index in [0.717, 1.165) is 50.2 Å². The fourth-order valence-corrected chi connectivity index (χ4v) is 9.07. The summed E-state index contributed by atoms with van der Waals surface area (Å²) in [6, 6.07) is 61.2. The van der Waals surface area contributed by atoms with Gasteiger partial charge in [-0.1, -0.05) is 109 Å². The van der Waals surface area contributed by atoms with Gasteiger partial charge in [0.05, 0.1) is 22.4 Å². The second-order valence-electron chi connectivity index (χ2n) is 12.9. The number of anilines is 3. The smallest absolute Gasteiger partial charge is 0.159 e. The number of rotatable bonds is 4. The number of nitrogens with zero attached hydrogens (tertiary/aromatic N) is 2. The van der Waals surface area contributed by atoms with Crippen LogP contribution < -0.4 is 4.90 Å². The van der Waals surface area contributed by atoms with E-state index in [-0.39, 0.29) is 0 Å². The molecular weight excluding hydrogens is 629 g/mol. The van der Waals surface area contributed by atoms with Crippen LogP contribution in [0.4, 0.5) is 17.1 Å². The number of hydrogen-bond acceptors (Lipinski definition) is 3. The van der Waals surface area contributed by atoms with Gasteiger partial charge in [0.25, 0.3) is 0 Å². The van der Waals surface area contributed by atoms with E-state index in [1.807, 2.05) is 11.3 Å². The van der Waals surface area contributed by atoms with E-state index in [0.29, 0.717) is 0 Å². The average molecular weight is 657 g/mol. The molecule has 0 bridgehead atoms. The Morgan fingerprint density at radius 3 is 2.02 bits per heavy atom. The number of benzene rings is 8. The van der Waals surface area contributed by atoms with Crippen molar-refractivity contribution in [3.8, 4) is 5.69 Å². The lowest BCUT2D eigenvalue weighted by molar-refractivity contribution is 0.669. The zero-order valence-electron chi connectivity index (χ0n) is 26.9. The number of para-hydroxylation sites is 4. The topological polar surface area (TPSA) is 21.3 Å². The van der Waals surface area contributed by atoms with Gasteiger partial charge < -0.3 is 13.9 Å². The first-order valence-electron chi connectivity index (χ1n) is 16.9. The Morgan fingerprint density at radius 2 is 1.14 bits per heavy atom. The summed E-state index contributed by atoms with van der Waals surface area (Å²) in [7, 11) is 0.